The summed E-state index contributed by atoms with van der Waals surface area (Å²) in [4.78, 5) is 4.40. The fourth-order valence-electron chi connectivity index (χ4n) is 1.65. The Balaban J connectivity index is 2.28. The number of nitrogen functional groups attached to an aromatic ring is 1. The lowest BCUT2D eigenvalue weighted by Crippen LogP contribution is -2.08. The summed E-state index contributed by atoms with van der Waals surface area (Å²) < 4.78 is 1.83. The first-order valence-electron chi connectivity index (χ1n) is 5.17. The highest BCUT2D eigenvalue weighted by molar-refractivity contribution is 7.09. The van der Waals surface area contributed by atoms with E-state index in [0.29, 0.717) is 18.3 Å². The zero-order valence-electron chi connectivity index (χ0n) is 9.64. The van der Waals surface area contributed by atoms with Gasteiger partial charge < -0.3 is 5.73 Å². The highest BCUT2D eigenvalue weighted by Crippen LogP contribution is 2.20. The van der Waals surface area contributed by atoms with Crippen LogP contribution in [0.3, 0.4) is 0 Å². The number of nitrogens with two attached hydrogens (primary N) is 1. The molecule has 2 aromatic rings. The summed E-state index contributed by atoms with van der Waals surface area (Å²) in [6, 6.07) is 0. The van der Waals surface area contributed by atoms with Gasteiger partial charge in [-0.2, -0.15) is 0 Å². The molecule has 0 fully saturated rings. The minimum atomic E-state index is 0.316. The van der Waals surface area contributed by atoms with E-state index in [2.05, 4.69) is 29.1 Å². The SMILES string of the molecule is Cc1csc(Cn2nnc(N)c2C(C)C)n1. The third-order valence-corrected chi connectivity index (χ3v) is 3.25. The van der Waals surface area contributed by atoms with E-state index in [-0.39, 0.29) is 0 Å². The van der Waals surface area contributed by atoms with Crippen LogP contribution in [-0.2, 0) is 6.54 Å². The maximum atomic E-state index is 5.79. The van der Waals surface area contributed by atoms with Crippen LogP contribution in [0.4, 0.5) is 5.82 Å². The summed E-state index contributed by atoms with van der Waals surface area (Å²) >= 11 is 1.63. The van der Waals surface area contributed by atoms with E-state index in [1.807, 2.05) is 17.0 Å². The highest BCUT2D eigenvalue weighted by atomic mass is 32.1. The predicted octanol–water partition coefficient (Wildman–Crippen LogP) is 1.80. The Morgan fingerprint density at radius 1 is 1.50 bits per heavy atom. The zero-order valence-corrected chi connectivity index (χ0v) is 10.5. The van der Waals surface area contributed by atoms with E-state index >= 15 is 0 Å². The lowest BCUT2D eigenvalue weighted by atomic mass is 10.1. The van der Waals surface area contributed by atoms with Gasteiger partial charge >= 0.3 is 0 Å². The van der Waals surface area contributed by atoms with Gasteiger partial charge in [-0.15, -0.1) is 16.4 Å². The van der Waals surface area contributed by atoms with Gasteiger partial charge in [-0.1, -0.05) is 19.1 Å². The molecule has 0 radical (unpaired) electrons. The molecular formula is C10H15N5S. The summed E-state index contributed by atoms with van der Waals surface area (Å²) in [6.07, 6.45) is 0. The average molecular weight is 237 g/mol. The lowest BCUT2D eigenvalue weighted by Gasteiger charge is -2.07. The van der Waals surface area contributed by atoms with Crippen LogP contribution in [0.5, 0.6) is 0 Å². The first-order valence-corrected chi connectivity index (χ1v) is 6.05. The molecule has 0 saturated heterocycles. The molecule has 0 spiro atoms. The molecule has 0 unspecified atom stereocenters. The lowest BCUT2D eigenvalue weighted by molar-refractivity contribution is 0.596. The van der Waals surface area contributed by atoms with Gasteiger partial charge in [0.05, 0.1) is 12.2 Å². The second-order valence-electron chi connectivity index (χ2n) is 4.05. The Hall–Kier alpha value is -1.43. The predicted molar refractivity (Wildman–Crippen MR) is 64.5 cm³/mol. The number of aryl methyl sites for hydroxylation is 1. The molecule has 2 aromatic heterocycles. The van der Waals surface area contributed by atoms with Crippen molar-refractivity contribution >= 4 is 17.2 Å². The van der Waals surface area contributed by atoms with Crippen LogP contribution in [-0.4, -0.2) is 20.0 Å². The fraction of sp³-hybridized carbons (Fsp3) is 0.500. The number of anilines is 1. The van der Waals surface area contributed by atoms with Gasteiger partial charge in [0.1, 0.15) is 5.01 Å². The number of rotatable bonds is 3. The molecule has 0 amide bonds. The normalized spacial score (nSPS) is 11.2. The van der Waals surface area contributed by atoms with E-state index in [0.717, 1.165) is 16.4 Å². The first kappa shape index (κ1) is 11.1. The van der Waals surface area contributed by atoms with Crippen molar-refractivity contribution in [2.24, 2.45) is 0 Å². The molecule has 0 aliphatic rings. The standard InChI is InChI=1S/C10H15N5S/c1-6(2)9-10(11)13-14-15(9)4-8-12-7(3)5-16-8/h5-6H,4,11H2,1-3H3. The van der Waals surface area contributed by atoms with Crippen molar-refractivity contribution in [2.45, 2.75) is 33.2 Å². The van der Waals surface area contributed by atoms with E-state index < -0.39 is 0 Å². The molecule has 0 aliphatic carbocycles. The third-order valence-electron chi connectivity index (χ3n) is 2.30. The molecule has 0 aromatic carbocycles. The topological polar surface area (TPSA) is 69.6 Å². The van der Waals surface area contributed by atoms with Gasteiger partial charge in [0.15, 0.2) is 5.82 Å². The van der Waals surface area contributed by atoms with Crippen molar-refractivity contribution in [1.82, 2.24) is 20.0 Å². The maximum Gasteiger partial charge on any atom is 0.169 e. The Morgan fingerprint density at radius 3 is 2.81 bits per heavy atom. The molecular weight excluding hydrogens is 222 g/mol. The van der Waals surface area contributed by atoms with Gasteiger partial charge in [-0.05, 0) is 12.8 Å². The van der Waals surface area contributed by atoms with Crippen molar-refractivity contribution in [3.63, 3.8) is 0 Å². The number of thiazole rings is 1. The molecule has 0 bridgehead atoms. The van der Waals surface area contributed by atoms with Crippen molar-refractivity contribution in [1.29, 1.82) is 0 Å². The quantitative estimate of drug-likeness (QED) is 0.883. The van der Waals surface area contributed by atoms with Gasteiger partial charge in [0.25, 0.3) is 0 Å². The molecule has 16 heavy (non-hydrogen) atoms. The van der Waals surface area contributed by atoms with Crippen LogP contribution < -0.4 is 5.73 Å². The van der Waals surface area contributed by atoms with Gasteiger partial charge in [-0.25, -0.2) is 9.67 Å². The van der Waals surface area contributed by atoms with Crippen molar-refractivity contribution in [3.8, 4) is 0 Å². The number of hydrogen-bond acceptors (Lipinski definition) is 5. The van der Waals surface area contributed by atoms with Crippen molar-refractivity contribution < 1.29 is 0 Å². The second-order valence-corrected chi connectivity index (χ2v) is 5.00. The first-order chi connectivity index (χ1) is 7.58. The second kappa shape index (κ2) is 4.21. The van der Waals surface area contributed by atoms with Gasteiger partial charge in [0, 0.05) is 11.1 Å². The summed E-state index contributed by atoms with van der Waals surface area (Å²) in [5.74, 6) is 0.833. The summed E-state index contributed by atoms with van der Waals surface area (Å²) in [5.41, 5.74) is 7.81. The molecule has 86 valence electrons. The molecule has 2 heterocycles. The van der Waals surface area contributed by atoms with E-state index in [1.54, 1.807) is 11.3 Å². The minimum absolute atomic E-state index is 0.316. The van der Waals surface area contributed by atoms with Gasteiger partial charge in [0.2, 0.25) is 0 Å². The minimum Gasteiger partial charge on any atom is -0.381 e. The number of hydrogen-bond donors (Lipinski definition) is 1. The summed E-state index contributed by atoms with van der Waals surface area (Å²) in [6.45, 7) is 6.80. The summed E-state index contributed by atoms with van der Waals surface area (Å²) in [7, 11) is 0. The third kappa shape index (κ3) is 2.06. The van der Waals surface area contributed by atoms with Crippen molar-refractivity contribution in [2.75, 3.05) is 5.73 Å². The van der Waals surface area contributed by atoms with Crippen LogP contribution in [0, 0.1) is 6.92 Å². The van der Waals surface area contributed by atoms with Crippen LogP contribution in [0.25, 0.3) is 0 Å². The zero-order chi connectivity index (χ0) is 11.7. The Labute approximate surface area is 98.3 Å². The highest BCUT2D eigenvalue weighted by Gasteiger charge is 2.14. The van der Waals surface area contributed by atoms with E-state index in [1.165, 1.54) is 0 Å². The Kier molecular flexibility index (Phi) is 2.91. The monoisotopic (exact) mass is 237 g/mol. The molecule has 5 nitrogen and oxygen atoms in total. The van der Waals surface area contributed by atoms with E-state index in [4.69, 9.17) is 5.73 Å². The fourth-order valence-corrected chi connectivity index (χ4v) is 2.40. The molecule has 0 atom stereocenters. The smallest absolute Gasteiger partial charge is 0.169 e. The van der Waals surface area contributed by atoms with Crippen LogP contribution in [0.15, 0.2) is 5.38 Å². The maximum absolute atomic E-state index is 5.79. The Morgan fingerprint density at radius 2 is 2.25 bits per heavy atom. The van der Waals surface area contributed by atoms with E-state index in [9.17, 15) is 0 Å². The molecule has 0 saturated carbocycles. The van der Waals surface area contributed by atoms with Gasteiger partial charge in [-0.3, -0.25) is 0 Å². The Bertz CT molecular complexity index is 485. The average Bonchev–Trinajstić information content (AvgIpc) is 2.74. The van der Waals surface area contributed by atoms with Crippen LogP contribution in [0.1, 0.15) is 36.2 Å². The number of nitrogens with zero attached hydrogens (tertiary/aromatic N) is 4. The largest absolute Gasteiger partial charge is 0.381 e. The van der Waals surface area contributed by atoms with Crippen LogP contribution >= 0.6 is 11.3 Å². The molecule has 6 heteroatoms. The van der Waals surface area contributed by atoms with Crippen LogP contribution in [0.2, 0.25) is 0 Å². The number of aromatic nitrogens is 4. The molecule has 2 rings (SSSR count). The molecule has 2 N–H and O–H groups in total. The van der Waals surface area contributed by atoms with Crippen molar-refractivity contribution in [3.05, 3.63) is 21.8 Å². The molecule has 0 aliphatic heterocycles. The summed E-state index contributed by atoms with van der Waals surface area (Å²) in [5, 5.41) is 11.0.